The van der Waals surface area contributed by atoms with Gasteiger partial charge in [-0.2, -0.15) is 0 Å². The first-order chi connectivity index (χ1) is 9.13. The summed E-state index contributed by atoms with van der Waals surface area (Å²) < 4.78 is 5.67. The zero-order chi connectivity index (χ0) is 13.4. The number of hydrogen-bond donors (Lipinski definition) is 0. The Balaban J connectivity index is 1.81. The van der Waals surface area contributed by atoms with Crippen LogP contribution in [0.1, 0.15) is 38.8 Å². The first kappa shape index (κ1) is 12.4. The molecule has 0 unspecified atom stereocenters. The minimum atomic E-state index is 0.0427. The van der Waals surface area contributed by atoms with Gasteiger partial charge in [0.2, 0.25) is 5.78 Å². The van der Waals surface area contributed by atoms with E-state index in [0.29, 0.717) is 11.7 Å². The molecule has 3 rings (SSSR count). The predicted octanol–water partition coefficient (Wildman–Crippen LogP) is 3.53. The van der Waals surface area contributed by atoms with Crippen LogP contribution in [-0.4, -0.2) is 16.9 Å². The van der Waals surface area contributed by atoms with Crippen LogP contribution in [-0.2, 0) is 0 Å². The SMILES string of the molecule is Cc1nc(C)c(C(=O)c2ccc(OC3CC3)cc2)s1. The number of thiazole rings is 1. The average Bonchev–Trinajstić information content (AvgIpc) is 3.13. The van der Waals surface area contributed by atoms with Crippen LogP contribution >= 0.6 is 11.3 Å². The first-order valence-corrected chi connectivity index (χ1v) is 7.20. The number of nitrogens with zero attached hydrogens (tertiary/aromatic N) is 1. The molecule has 0 atom stereocenters. The largest absolute Gasteiger partial charge is 0.490 e. The number of rotatable bonds is 4. The van der Waals surface area contributed by atoms with Crippen molar-refractivity contribution in [1.29, 1.82) is 0 Å². The molecule has 3 nitrogen and oxygen atoms in total. The van der Waals surface area contributed by atoms with Crippen LogP contribution in [0.2, 0.25) is 0 Å². The first-order valence-electron chi connectivity index (χ1n) is 6.39. The van der Waals surface area contributed by atoms with Crippen molar-refractivity contribution in [2.45, 2.75) is 32.8 Å². The predicted molar refractivity (Wildman–Crippen MR) is 75.1 cm³/mol. The topological polar surface area (TPSA) is 39.2 Å². The number of ketones is 1. The van der Waals surface area contributed by atoms with Crippen LogP contribution in [0.15, 0.2) is 24.3 Å². The summed E-state index contributed by atoms with van der Waals surface area (Å²) in [7, 11) is 0. The number of aryl methyl sites for hydroxylation is 2. The second-order valence-electron chi connectivity index (χ2n) is 4.82. The van der Waals surface area contributed by atoms with E-state index in [-0.39, 0.29) is 5.78 Å². The van der Waals surface area contributed by atoms with Crippen molar-refractivity contribution >= 4 is 17.1 Å². The van der Waals surface area contributed by atoms with Gasteiger partial charge in [0, 0.05) is 5.56 Å². The molecule has 0 N–H and O–H groups in total. The lowest BCUT2D eigenvalue weighted by Gasteiger charge is -2.05. The summed E-state index contributed by atoms with van der Waals surface area (Å²) in [6.07, 6.45) is 2.66. The van der Waals surface area contributed by atoms with Crippen molar-refractivity contribution in [2.24, 2.45) is 0 Å². The standard InChI is InChI=1S/C15H15NO2S/c1-9-15(19-10(2)16-9)14(17)11-3-5-12(6-4-11)18-13-7-8-13/h3-6,13H,7-8H2,1-2H3. The fourth-order valence-corrected chi connectivity index (χ4v) is 2.82. The molecule has 1 aliphatic carbocycles. The van der Waals surface area contributed by atoms with Gasteiger partial charge in [-0.25, -0.2) is 4.98 Å². The monoisotopic (exact) mass is 273 g/mol. The van der Waals surface area contributed by atoms with Crippen molar-refractivity contribution in [3.05, 3.63) is 45.4 Å². The number of carbonyl (C=O) groups excluding carboxylic acids is 1. The van der Waals surface area contributed by atoms with E-state index in [0.717, 1.165) is 34.2 Å². The maximum Gasteiger partial charge on any atom is 0.204 e. The second-order valence-corrected chi connectivity index (χ2v) is 6.02. The minimum Gasteiger partial charge on any atom is -0.490 e. The van der Waals surface area contributed by atoms with E-state index in [1.165, 1.54) is 11.3 Å². The van der Waals surface area contributed by atoms with E-state index >= 15 is 0 Å². The Morgan fingerprint density at radius 1 is 1.26 bits per heavy atom. The van der Waals surface area contributed by atoms with Gasteiger partial charge in [0.15, 0.2) is 0 Å². The quantitative estimate of drug-likeness (QED) is 0.800. The summed E-state index contributed by atoms with van der Waals surface area (Å²) in [5.41, 5.74) is 1.50. The number of benzene rings is 1. The van der Waals surface area contributed by atoms with Crippen LogP contribution in [0.25, 0.3) is 0 Å². The zero-order valence-electron chi connectivity index (χ0n) is 11.0. The van der Waals surface area contributed by atoms with Gasteiger partial charge in [0.25, 0.3) is 0 Å². The Bertz CT molecular complexity index is 612. The molecule has 98 valence electrons. The molecule has 4 heteroatoms. The third-order valence-electron chi connectivity index (χ3n) is 3.05. The maximum absolute atomic E-state index is 12.4. The molecule has 1 aromatic carbocycles. The summed E-state index contributed by atoms with van der Waals surface area (Å²) >= 11 is 1.45. The Morgan fingerprint density at radius 3 is 2.47 bits per heavy atom. The zero-order valence-corrected chi connectivity index (χ0v) is 11.8. The van der Waals surface area contributed by atoms with Gasteiger partial charge in [0.05, 0.1) is 21.7 Å². The molecular formula is C15H15NO2S. The molecule has 1 fully saturated rings. The fourth-order valence-electron chi connectivity index (χ4n) is 1.94. The lowest BCUT2D eigenvalue weighted by molar-refractivity contribution is 0.104. The number of ether oxygens (including phenoxy) is 1. The van der Waals surface area contributed by atoms with Crippen molar-refractivity contribution in [1.82, 2.24) is 4.98 Å². The molecule has 1 heterocycles. The molecule has 0 spiro atoms. The third kappa shape index (κ3) is 2.68. The highest BCUT2D eigenvalue weighted by atomic mass is 32.1. The summed E-state index contributed by atoms with van der Waals surface area (Å²) in [5.74, 6) is 0.886. The van der Waals surface area contributed by atoms with Crippen LogP contribution in [0.5, 0.6) is 5.75 Å². The van der Waals surface area contributed by atoms with E-state index in [2.05, 4.69) is 4.98 Å². The van der Waals surface area contributed by atoms with Gasteiger partial charge in [-0.05, 0) is 51.0 Å². The maximum atomic E-state index is 12.4. The van der Waals surface area contributed by atoms with Gasteiger partial charge < -0.3 is 4.74 Å². The summed E-state index contributed by atoms with van der Waals surface area (Å²) in [6.45, 7) is 3.79. The second kappa shape index (κ2) is 4.78. The van der Waals surface area contributed by atoms with Crippen molar-refractivity contribution < 1.29 is 9.53 Å². The van der Waals surface area contributed by atoms with Crippen LogP contribution in [0.4, 0.5) is 0 Å². The third-order valence-corrected chi connectivity index (χ3v) is 4.13. The highest BCUT2D eigenvalue weighted by molar-refractivity contribution is 7.14. The minimum absolute atomic E-state index is 0.0427. The smallest absolute Gasteiger partial charge is 0.204 e. The molecule has 1 aliphatic rings. The molecule has 0 aliphatic heterocycles. The molecule has 2 aromatic rings. The van der Waals surface area contributed by atoms with Gasteiger partial charge in [-0.3, -0.25) is 4.79 Å². The molecule has 0 saturated heterocycles. The Labute approximate surface area is 116 Å². The van der Waals surface area contributed by atoms with E-state index in [4.69, 9.17) is 4.74 Å². The van der Waals surface area contributed by atoms with Gasteiger partial charge in [-0.1, -0.05) is 0 Å². The lowest BCUT2D eigenvalue weighted by Crippen LogP contribution is -2.01. The lowest BCUT2D eigenvalue weighted by atomic mass is 10.1. The van der Waals surface area contributed by atoms with E-state index in [1.54, 1.807) is 0 Å². The molecule has 1 saturated carbocycles. The number of hydrogen-bond acceptors (Lipinski definition) is 4. The Morgan fingerprint density at radius 2 is 1.95 bits per heavy atom. The average molecular weight is 273 g/mol. The molecular weight excluding hydrogens is 258 g/mol. The van der Waals surface area contributed by atoms with Gasteiger partial charge >= 0.3 is 0 Å². The van der Waals surface area contributed by atoms with Gasteiger partial charge in [-0.15, -0.1) is 11.3 Å². The molecule has 0 bridgehead atoms. The number of aromatic nitrogens is 1. The highest BCUT2D eigenvalue weighted by Gasteiger charge is 2.23. The van der Waals surface area contributed by atoms with E-state index in [1.807, 2.05) is 38.1 Å². The molecule has 19 heavy (non-hydrogen) atoms. The highest BCUT2D eigenvalue weighted by Crippen LogP contribution is 2.27. The van der Waals surface area contributed by atoms with Crippen LogP contribution < -0.4 is 4.74 Å². The fraction of sp³-hybridized carbons (Fsp3) is 0.333. The van der Waals surface area contributed by atoms with Crippen molar-refractivity contribution in [3.63, 3.8) is 0 Å². The molecule has 0 amide bonds. The van der Waals surface area contributed by atoms with E-state index < -0.39 is 0 Å². The summed E-state index contributed by atoms with van der Waals surface area (Å²) in [6, 6.07) is 7.40. The molecule has 1 aromatic heterocycles. The Kier molecular flexibility index (Phi) is 3.11. The molecule has 0 radical (unpaired) electrons. The summed E-state index contributed by atoms with van der Waals surface area (Å²) in [4.78, 5) is 17.4. The normalized spacial score (nSPS) is 14.4. The van der Waals surface area contributed by atoms with Crippen LogP contribution in [0.3, 0.4) is 0 Å². The van der Waals surface area contributed by atoms with E-state index in [9.17, 15) is 4.79 Å². The number of carbonyl (C=O) groups is 1. The van der Waals surface area contributed by atoms with Crippen LogP contribution in [0, 0.1) is 13.8 Å². The summed E-state index contributed by atoms with van der Waals surface area (Å²) in [5, 5.41) is 0.925. The van der Waals surface area contributed by atoms with Crippen molar-refractivity contribution in [3.8, 4) is 5.75 Å². The van der Waals surface area contributed by atoms with Crippen molar-refractivity contribution in [2.75, 3.05) is 0 Å². The van der Waals surface area contributed by atoms with Gasteiger partial charge in [0.1, 0.15) is 5.75 Å². The Hall–Kier alpha value is -1.68.